The number of rotatable bonds is 8. The minimum Gasteiger partial charge on any atom is -0.469 e. The predicted octanol–water partition coefficient (Wildman–Crippen LogP) is 3.32. The zero-order valence-corrected chi connectivity index (χ0v) is 13.8. The van der Waals surface area contributed by atoms with Crippen molar-refractivity contribution in [1.29, 1.82) is 0 Å². The van der Waals surface area contributed by atoms with Crippen LogP contribution in [0.4, 0.5) is 0 Å². The van der Waals surface area contributed by atoms with Crippen molar-refractivity contribution in [2.75, 3.05) is 7.11 Å². The van der Waals surface area contributed by atoms with E-state index in [1.54, 1.807) is 0 Å². The molecular weight excluding hydrogens is 284 g/mol. The number of allylic oxidation sites excluding steroid dienone is 2. The first-order chi connectivity index (χ1) is 10.4. The van der Waals surface area contributed by atoms with E-state index in [1.807, 2.05) is 6.92 Å². The maximum atomic E-state index is 12.1. The lowest BCUT2D eigenvalue weighted by atomic mass is 9.86. The lowest BCUT2D eigenvalue weighted by Gasteiger charge is -2.23. The maximum absolute atomic E-state index is 12.1. The first kappa shape index (κ1) is 18.4. The number of hydrogen-bond donors (Lipinski definition) is 0. The van der Waals surface area contributed by atoms with E-state index in [-0.39, 0.29) is 23.6 Å². The van der Waals surface area contributed by atoms with E-state index in [2.05, 4.69) is 4.74 Å². The third-order valence-electron chi connectivity index (χ3n) is 3.79. The number of ketones is 1. The fraction of sp³-hybridized carbons (Fsp3) is 0.706. The monoisotopic (exact) mass is 310 g/mol. The summed E-state index contributed by atoms with van der Waals surface area (Å²) in [6, 6.07) is 0. The summed E-state index contributed by atoms with van der Waals surface area (Å²) in [5.74, 6) is 0.338. The molecule has 1 aliphatic rings. The number of unbranched alkanes of at least 4 members (excludes halogenated alkanes) is 3. The standard InChI is InChI=1S/C17H26O5/c1-12-10-15(19)14(16(11-12)22-13(2)18)8-6-4-5-7-9-17(20)21-3/h12H,4-11H2,1-3H3. The highest BCUT2D eigenvalue weighted by Crippen LogP contribution is 2.30. The van der Waals surface area contributed by atoms with E-state index in [0.29, 0.717) is 37.0 Å². The summed E-state index contributed by atoms with van der Waals surface area (Å²) in [7, 11) is 1.39. The second-order valence-corrected chi connectivity index (χ2v) is 5.92. The van der Waals surface area contributed by atoms with Crippen LogP contribution in [0, 0.1) is 5.92 Å². The molecule has 0 fully saturated rings. The minimum absolute atomic E-state index is 0.101. The number of methoxy groups -OCH3 is 1. The topological polar surface area (TPSA) is 69.7 Å². The fourth-order valence-corrected chi connectivity index (χ4v) is 2.69. The van der Waals surface area contributed by atoms with Gasteiger partial charge in [0.1, 0.15) is 5.76 Å². The van der Waals surface area contributed by atoms with E-state index in [0.717, 1.165) is 25.7 Å². The van der Waals surface area contributed by atoms with Gasteiger partial charge in [-0.25, -0.2) is 0 Å². The molecule has 5 nitrogen and oxygen atoms in total. The predicted molar refractivity (Wildman–Crippen MR) is 81.9 cm³/mol. The zero-order valence-electron chi connectivity index (χ0n) is 13.8. The molecule has 0 saturated carbocycles. The molecule has 1 unspecified atom stereocenters. The van der Waals surface area contributed by atoms with Crippen LogP contribution in [-0.4, -0.2) is 24.8 Å². The van der Waals surface area contributed by atoms with Gasteiger partial charge in [0.05, 0.1) is 7.11 Å². The van der Waals surface area contributed by atoms with Crippen LogP contribution in [0.15, 0.2) is 11.3 Å². The SMILES string of the molecule is COC(=O)CCCCCCC1=C(OC(C)=O)CC(C)CC1=O. The summed E-state index contributed by atoms with van der Waals surface area (Å²) in [5.41, 5.74) is 0.682. The molecule has 0 spiro atoms. The fourth-order valence-electron chi connectivity index (χ4n) is 2.69. The molecule has 0 bridgehead atoms. The van der Waals surface area contributed by atoms with E-state index in [9.17, 15) is 14.4 Å². The van der Waals surface area contributed by atoms with E-state index in [4.69, 9.17) is 4.74 Å². The van der Waals surface area contributed by atoms with Gasteiger partial charge >= 0.3 is 11.9 Å². The van der Waals surface area contributed by atoms with E-state index < -0.39 is 0 Å². The molecule has 1 atom stereocenters. The second-order valence-electron chi connectivity index (χ2n) is 5.92. The van der Waals surface area contributed by atoms with Gasteiger partial charge in [-0.15, -0.1) is 0 Å². The van der Waals surface area contributed by atoms with Crippen LogP contribution in [0.3, 0.4) is 0 Å². The number of carbonyl (C=O) groups is 3. The molecule has 0 heterocycles. The van der Waals surface area contributed by atoms with Crippen molar-refractivity contribution < 1.29 is 23.9 Å². The van der Waals surface area contributed by atoms with Crippen molar-refractivity contribution in [3.05, 3.63) is 11.3 Å². The van der Waals surface area contributed by atoms with Crippen LogP contribution in [-0.2, 0) is 23.9 Å². The summed E-state index contributed by atoms with van der Waals surface area (Å²) in [6.45, 7) is 3.35. The summed E-state index contributed by atoms with van der Waals surface area (Å²) >= 11 is 0. The molecule has 0 N–H and O–H groups in total. The van der Waals surface area contributed by atoms with Crippen molar-refractivity contribution in [2.45, 2.75) is 65.2 Å². The quantitative estimate of drug-likeness (QED) is 0.508. The summed E-state index contributed by atoms with van der Waals surface area (Å²) in [6.07, 6.45) is 5.80. The van der Waals surface area contributed by atoms with Gasteiger partial charge in [-0.05, 0) is 25.2 Å². The van der Waals surface area contributed by atoms with Crippen LogP contribution >= 0.6 is 0 Å². The number of esters is 2. The summed E-state index contributed by atoms with van der Waals surface area (Å²) in [4.78, 5) is 34.3. The molecule has 0 aromatic carbocycles. The molecule has 0 saturated heterocycles. The van der Waals surface area contributed by atoms with Crippen LogP contribution in [0.2, 0.25) is 0 Å². The minimum atomic E-state index is -0.368. The second kappa shape index (κ2) is 9.38. The van der Waals surface area contributed by atoms with Crippen LogP contribution < -0.4 is 0 Å². The Balaban J connectivity index is 2.44. The Bertz CT molecular complexity index is 450. The van der Waals surface area contributed by atoms with Gasteiger partial charge in [0.2, 0.25) is 0 Å². The molecule has 0 amide bonds. The van der Waals surface area contributed by atoms with Gasteiger partial charge < -0.3 is 9.47 Å². The van der Waals surface area contributed by atoms with Gasteiger partial charge in [0.15, 0.2) is 5.78 Å². The molecule has 0 aromatic rings. The smallest absolute Gasteiger partial charge is 0.307 e. The Hall–Kier alpha value is -1.65. The van der Waals surface area contributed by atoms with Gasteiger partial charge in [0.25, 0.3) is 0 Å². The van der Waals surface area contributed by atoms with Crippen molar-refractivity contribution in [1.82, 2.24) is 0 Å². The Kier molecular flexibility index (Phi) is 7.85. The number of Topliss-reactive ketones (excluding diaryl/α,β-unsaturated/α-hetero) is 1. The number of hydrogen-bond acceptors (Lipinski definition) is 5. The van der Waals surface area contributed by atoms with Crippen molar-refractivity contribution >= 4 is 17.7 Å². The number of ether oxygens (including phenoxy) is 2. The van der Waals surface area contributed by atoms with Crippen molar-refractivity contribution in [3.63, 3.8) is 0 Å². The molecule has 0 aliphatic heterocycles. The molecule has 1 rings (SSSR count). The van der Waals surface area contributed by atoms with Crippen LogP contribution in [0.1, 0.15) is 65.2 Å². The van der Waals surface area contributed by atoms with Gasteiger partial charge in [-0.1, -0.05) is 19.8 Å². The van der Waals surface area contributed by atoms with Gasteiger partial charge in [-0.3, -0.25) is 14.4 Å². The Morgan fingerprint density at radius 3 is 2.45 bits per heavy atom. The first-order valence-electron chi connectivity index (χ1n) is 7.94. The van der Waals surface area contributed by atoms with Crippen LogP contribution in [0.5, 0.6) is 0 Å². The molecule has 124 valence electrons. The Morgan fingerprint density at radius 1 is 1.14 bits per heavy atom. The van der Waals surface area contributed by atoms with Crippen LogP contribution in [0.25, 0.3) is 0 Å². The summed E-state index contributed by atoms with van der Waals surface area (Å²) < 4.78 is 9.82. The highest BCUT2D eigenvalue weighted by Gasteiger charge is 2.26. The average molecular weight is 310 g/mol. The zero-order chi connectivity index (χ0) is 16.5. The highest BCUT2D eigenvalue weighted by atomic mass is 16.5. The number of carbonyl (C=O) groups excluding carboxylic acids is 3. The highest BCUT2D eigenvalue weighted by molar-refractivity contribution is 5.97. The molecule has 22 heavy (non-hydrogen) atoms. The van der Waals surface area contributed by atoms with Gasteiger partial charge in [-0.2, -0.15) is 0 Å². The Labute approximate surface area is 132 Å². The average Bonchev–Trinajstić information content (AvgIpc) is 2.43. The van der Waals surface area contributed by atoms with E-state index >= 15 is 0 Å². The molecule has 1 aliphatic carbocycles. The summed E-state index contributed by atoms with van der Waals surface area (Å²) in [5, 5.41) is 0. The molecule has 0 aromatic heterocycles. The molecule has 0 radical (unpaired) electrons. The van der Waals surface area contributed by atoms with Gasteiger partial charge in [0, 0.05) is 31.8 Å². The molecular formula is C17H26O5. The maximum Gasteiger partial charge on any atom is 0.307 e. The van der Waals surface area contributed by atoms with Crippen molar-refractivity contribution in [3.8, 4) is 0 Å². The molecule has 5 heteroatoms. The first-order valence-corrected chi connectivity index (χ1v) is 7.94. The largest absolute Gasteiger partial charge is 0.469 e. The Morgan fingerprint density at radius 2 is 1.82 bits per heavy atom. The normalized spacial score (nSPS) is 18.3. The third-order valence-corrected chi connectivity index (χ3v) is 3.79. The lowest BCUT2D eigenvalue weighted by Crippen LogP contribution is -2.20. The van der Waals surface area contributed by atoms with Crippen molar-refractivity contribution in [2.24, 2.45) is 5.92 Å². The van der Waals surface area contributed by atoms with E-state index in [1.165, 1.54) is 14.0 Å². The third kappa shape index (κ3) is 6.41. The lowest BCUT2D eigenvalue weighted by molar-refractivity contribution is -0.141.